The highest BCUT2D eigenvalue weighted by Gasteiger charge is 2.09. The van der Waals surface area contributed by atoms with Gasteiger partial charge >= 0.3 is 0 Å². The highest BCUT2D eigenvalue weighted by Crippen LogP contribution is 2.18. The lowest BCUT2D eigenvalue weighted by Gasteiger charge is -2.16. The van der Waals surface area contributed by atoms with E-state index in [0.717, 1.165) is 49.9 Å². The topological polar surface area (TPSA) is 38.0 Å². The van der Waals surface area contributed by atoms with Crippen molar-refractivity contribution in [2.45, 2.75) is 70.8 Å². The molecule has 0 aromatic heterocycles. The zero-order valence-electron chi connectivity index (χ0n) is 13.7. The maximum atomic E-state index is 5.96. The second-order valence-corrected chi connectivity index (χ2v) is 6.30. The van der Waals surface area contributed by atoms with Gasteiger partial charge in [-0.2, -0.15) is 0 Å². The van der Waals surface area contributed by atoms with Gasteiger partial charge in [-0.1, -0.05) is 37.5 Å². The summed E-state index contributed by atoms with van der Waals surface area (Å²) in [5.74, 6) is 7.21. The Labute approximate surface area is 131 Å². The average Bonchev–Trinajstić information content (AvgIpc) is 2.41. The van der Waals surface area contributed by atoms with Gasteiger partial charge in [-0.15, -0.1) is 5.92 Å². The van der Waals surface area contributed by atoms with Crippen molar-refractivity contribution in [3.63, 3.8) is 0 Å². The van der Waals surface area contributed by atoms with E-state index < -0.39 is 0 Å². The number of hydrogen-bond acceptors (Lipinski definition) is 2. The van der Waals surface area contributed by atoms with Crippen LogP contribution >= 0.6 is 0 Å². The average molecular weight is 288 g/mol. The fourth-order valence-electron chi connectivity index (χ4n) is 2.59. The Kier molecular flexibility index (Phi) is 8.94. The minimum atomic E-state index is 0.151. The lowest BCUT2D eigenvalue weighted by Crippen LogP contribution is -2.21. The summed E-state index contributed by atoms with van der Waals surface area (Å²) in [6.45, 7) is 11.0. The molecule has 118 valence electrons. The fourth-order valence-corrected chi connectivity index (χ4v) is 2.59. The second-order valence-electron chi connectivity index (χ2n) is 6.30. The van der Waals surface area contributed by atoms with Gasteiger partial charge in [-0.25, -0.2) is 0 Å². The van der Waals surface area contributed by atoms with Crippen molar-refractivity contribution in [1.29, 1.82) is 0 Å². The molecule has 1 aliphatic rings. The smallest absolute Gasteiger partial charge is 0.0257 e. The highest BCUT2D eigenvalue weighted by atomic mass is 14.9. The van der Waals surface area contributed by atoms with E-state index in [1.165, 1.54) is 25.7 Å². The van der Waals surface area contributed by atoms with Gasteiger partial charge in [0.05, 0.1) is 0 Å². The summed E-state index contributed by atoms with van der Waals surface area (Å²) < 4.78 is 0. The van der Waals surface area contributed by atoms with Crippen LogP contribution in [0.3, 0.4) is 0 Å². The molecule has 2 nitrogen and oxygen atoms in total. The first-order valence-electron chi connectivity index (χ1n) is 8.40. The summed E-state index contributed by atoms with van der Waals surface area (Å²) >= 11 is 0. The molecule has 1 aliphatic carbocycles. The minimum Gasteiger partial charge on any atom is -0.389 e. The Hall–Kier alpha value is -1.20. The van der Waals surface area contributed by atoms with E-state index in [9.17, 15) is 0 Å². The lowest BCUT2D eigenvalue weighted by atomic mass is 9.94. The Morgan fingerprint density at radius 3 is 2.86 bits per heavy atom. The monoisotopic (exact) mass is 288 g/mol. The van der Waals surface area contributed by atoms with Crippen LogP contribution in [-0.2, 0) is 0 Å². The first-order chi connectivity index (χ1) is 10.1. The zero-order chi connectivity index (χ0) is 15.5. The van der Waals surface area contributed by atoms with E-state index in [0.29, 0.717) is 5.92 Å². The van der Waals surface area contributed by atoms with Crippen molar-refractivity contribution in [2.75, 3.05) is 6.54 Å². The van der Waals surface area contributed by atoms with Gasteiger partial charge in [-0.3, -0.25) is 0 Å². The van der Waals surface area contributed by atoms with Gasteiger partial charge in [0.1, 0.15) is 0 Å². The van der Waals surface area contributed by atoms with E-state index >= 15 is 0 Å². The molecule has 1 rings (SSSR count). The van der Waals surface area contributed by atoms with Crippen LogP contribution in [-0.4, -0.2) is 12.6 Å². The molecule has 0 saturated heterocycles. The van der Waals surface area contributed by atoms with E-state index in [2.05, 4.69) is 30.3 Å². The highest BCUT2D eigenvalue weighted by molar-refractivity contribution is 5.09. The molecule has 0 radical (unpaired) electrons. The van der Waals surface area contributed by atoms with E-state index in [1.807, 2.05) is 6.92 Å². The maximum Gasteiger partial charge on any atom is 0.0257 e. The van der Waals surface area contributed by atoms with Crippen molar-refractivity contribution in [3.05, 3.63) is 24.4 Å². The minimum absolute atomic E-state index is 0.151. The Balaban J connectivity index is 2.11. The normalized spacial score (nSPS) is 19.6. The number of allylic oxidation sites excluding steroid dienone is 1. The van der Waals surface area contributed by atoms with Crippen LogP contribution in [0.5, 0.6) is 0 Å². The lowest BCUT2D eigenvalue weighted by molar-refractivity contribution is 0.518. The number of hydrogen-bond donors (Lipinski definition) is 2. The maximum absolute atomic E-state index is 5.96. The van der Waals surface area contributed by atoms with Crippen LogP contribution in [0.15, 0.2) is 24.4 Å². The first kappa shape index (κ1) is 17.9. The third-order valence-corrected chi connectivity index (χ3v) is 4.10. The third-order valence-electron chi connectivity index (χ3n) is 4.10. The quantitative estimate of drug-likeness (QED) is 0.380. The van der Waals surface area contributed by atoms with E-state index in [4.69, 9.17) is 5.73 Å². The molecule has 0 heterocycles. The summed E-state index contributed by atoms with van der Waals surface area (Å²) in [4.78, 5) is 0. The zero-order valence-corrected chi connectivity index (χ0v) is 13.7. The van der Waals surface area contributed by atoms with Crippen LogP contribution < -0.4 is 11.1 Å². The standard InChI is InChI=1S/C19H32N2/c1-16(2)19(20)13-9-10-14-21-17(3)15-18-11-7-5-4-6-8-12-18/h18-19,21H,1,3-7,9-11,13-15,20H2,2H3. The molecular formula is C19H32N2. The Bertz CT molecular complexity index is 386. The molecule has 0 spiro atoms. The molecule has 2 heteroatoms. The van der Waals surface area contributed by atoms with Crippen molar-refractivity contribution >= 4 is 0 Å². The largest absolute Gasteiger partial charge is 0.389 e. The second kappa shape index (κ2) is 10.5. The molecule has 2 unspecified atom stereocenters. The SMILES string of the molecule is C=C(CC1C#CCCCCC1)NCCCCC(N)C(=C)C. The molecule has 2 atom stereocenters. The van der Waals surface area contributed by atoms with Gasteiger partial charge in [0, 0.05) is 37.0 Å². The van der Waals surface area contributed by atoms with Crippen molar-refractivity contribution in [1.82, 2.24) is 5.32 Å². The van der Waals surface area contributed by atoms with E-state index in [-0.39, 0.29) is 6.04 Å². The number of nitrogens with one attached hydrogen (secondary N) is 1. The van der Waals surface area contributed by atoms with Gasteiger partial charge in [0.15, 0.2) is 0 Å². The van der Waals surface area contributed by atoms with Crippen molar-refractivity contribution in [3.8, 4) is 11.8 Å². The molecular weight excluding hydrogens is 256 g/mol. The summed E-state index contributed by atoms with van der Waals surface area (Å²) in [7, 11) is 0. The predicted molar refractivity (Wildman–Crippen MR) is 92.8 cm³/mol. The Morgan fingerprint density at radius 1 is 1.29 bits per heavy atom. The molecule has 0 aliphatic heterocycles. The predicted octanol–water partition coefficient (Wildman–Crippen LogP) is 4.14. The number of unbranched alkanes of at least 4 members (excludes halogenated alkanes) is 1. The van der Waals surface area contributed by atoms with Crippen LogP contribution in [0, 0.1) is 17.8 Å². The molecule has 0 fully saturated rings. The summed E-state index contributed by atoms with van der Waals surface area (Å²) in [5.41, 5.74) is 8.17. The molecule has 0 aromatic carbocycles. The summed E-state index contributed by atoms with van der Waals surface area (Å²) in [6.07, 6.45) is 10.5. The van der Waals surface area contributed by atoms with Crippen molar-refractivity contribution in [2.24, 2.45) is 11.7 Å². The number of rotatable bonds is 9. The van der Waals surface area contributed by atoms with Gasteiger partial charge < -0.3 is 11.1 Å². The molecule has 0 amide bonds. The molecule has 21 heavy (non-hydrogen) atoms. The van der Waals surface area contributed by atoms with Crippen molar-refractivity contribution < 1.29 is 0 Å². The molecule has 0 bridgehead atoms. The number of nitrogens with two attached hydrogens (primary N) is 1. The van der Waals surface area contributed by atoms with Crippen LogP contribution in [0.4, 0.5) is 0 Å². The Morgan fingerprint density at radius 2 is 2.10 bits per heavy atom. The molecule has 0 saturated carbocycles. The summed E-state index contributed by atoms with van der Waals surface area (Å²) in [5, 5.41) is 3.44. The van der Waals surface area contributed by atoms with Gasteiger partial charge in [0.2, 0.25) is 0 Å². The van der Waals surface area contributed by atoms with Gasteiger partial charge in [0.25, 0.3) is 0 Å². The third kappa shape index (κ3) is 8.63. The van der Waals surface area contributed by atoms with E-state index in [1.54, 1.807) is 0 Å². The first-order valence-corrected chi connectivity index (χ1v) is 8.40. The van der Waals surface area contributed by atoms with Crippen LogP contribution in [0.1, 0.15) is 64.7 Å². The molecule has 0 aromatic rings. The summed E-state index contributed by atoms with van der Waals surface area (Å²) in [6, 6.07) is 0.151. The van der Waals surface area contributed by atoms with Crippen LogP contribution in [0.25, 0.3) is 0 Å². The fraction of sp³-hybridized carbons (Fsp3) is 0.684. The molecule has 3 N–H and O–H groups in total. The van der Waals surface area contributed by atoms with Gasteiger partial charge in [-0.05, 0) is 39.0 Å². The van der Waals surface area contributed by atoms with Crippen LogP contribution in [0.2, 0.25) is 0 Å².